The predicted molar refractivity (Wildman–Crippen MR) is 62.3 cm³/mol. The number of terminal acetylenes is 1. The molecule has 15 heavy (non-hydrogen) atoms. The molecule has 0 aliphatic heterocycles. The van der Waals surface area contributed by atoms with Crippen molar-refractivity contribution >= 4 is 0 Å². The van der Waals surface area contributed by atoms with E-state index in [-0.39, 0.29) is 5.54 Å². The van der Waals surface area contributed by atoms with Gasteiger partial charge in [0, 0.05) is 11.1 Å². The van der Waals surface area contributed by atoms with Crippen molar-refractivity contribution in [3.8, 4) is 12.3 Å². The summed E-state index contributed by atoms with van der Waals surface area (Å²) in [4.78, 5) is 0. The lowest BCUT2D eigenvalue weighted by Gasteiger charge is -2.18. The highest BCUT2D eigenvalue weighted by Crippen LogP contribution is 2.06. The van der Waals surface area contributed by atoms with E-state index in [1.807, 2.05) is 38.1 Å². The topological polar surface area (TPSA) is 35.2 Å². The molecule has 80 valence electrons. The normalized spacial score (nSPS) is 11.1. The van der Waals surface area contributed by atoms with Crippen molar-refractivity contribution in [1.82, 2.24) is 0 Å². The maximum absolute atomic E-state index is 5.79. The first-order chi connectivity index (χ1) is 7.01. The molecule has 0 radical (unpaired) electrons. The van der Waals surface area contributed by atoms with Gasteiger partial charge in [-0.3, -0.25) is 0 Å². The summed E-state index contributed by atoms with van der Waals surface area (Å²) in [5, 5.41) is 0. The van der Waals surface area contributed by atoms with Gasteiger partial charge < -0.3 is 10.5 Å². The van der Waals surface area contributed by atoms with Crippen LogP contribution in [-0.4, -0.2) is 12.1 Å². The summed E-state index contributed by atoms with van der Waals surface area (Å²) in [6.45, 7) is 5.00. The van der Waals surface area contributed by atoms with Crippen LogP contribution >= 0.6 is 0 Å². The van der Waals surface area contributed by atoms with E-state index in [4.69, 9.17) is 16.9 Å². The predicted octanol–water partition coefficient (Wildman–Crippen LogP) is 1.92. The fourth-order valence-corrected chi connectivity index (χ4v) is 1.13. The van der Waals surface area contributed by atoms with Gasteiger partial charge in [-0.2, -0.15) is 0 Å². The molecule has 1 aromatic rings. The van der Waals surface area contributed by atoms with Crippen molar-refractivity contribution < 1.29 is 4.74 Å². The Balaban J connectivity index is 2.42. The summed E-state index contributed by atoms with van der Waals surface area (Å²) < 4.78 is 5.48. The average Bonchev–Trinajstić information content (AvgIpc) is 2.17. The summed E-state index contributed by atoms with van der Waals surface area (Å²) in [5.74, 6) is 2.57. The van der Waals surface area contributed by atoms with E-state index in [2.05, 4.69) is 5.92 Å². The summed E-state index contributed by atoms with van der Waals surface area (Å²) >= 11 is 0. The zero-order valence-corrected chi connectivity index (χ0v) is 9.29. The second-order valence-corrected chi connectivity index (χ2v) is 4.32. The summed E-state index contributed by atoms with van der Waals surface area (Å²) in [6, 6.07) is 7.76. The molecule has 0 unspecified atom stereocenters. The standard InChI is InChI=1S/C13H17NO/c1-4-11-5-7-12(8-6-11)9-15-10-13(2,3)14/h1,5-8H,9-10,14H2,2-3H3. The highest BCUT2D eigenvalue weighted by molar-refractivity contribution is 5.33. The van der Waals surface area contributed by atoms with Crippen LogP contribution in [0.3, 0.4) is 0 Å². The van der Waals surface area contributed by atoms with Crippen LogP contribution in [0.5, 0.6) is 0 Å². The minimum atomic E-state index is -0.279. The molecule has 0 amide bonds. The molecule has 0 saturated heterocycles. The lowest BCUT2D eigenvalue weighted by molar-refractivity contribution is 0.0851. The molecule has 1 aromatic carbocycles. The maximum Gasteiger partial charge on any atom is 0.0717 e. The van der Waals surface area contributed by atoms with Gasteiger partial charge in [-0.15, -0.1) is 6.42 Å². The van der Waals surface area contributed by atoms with Crippen molar-refractivity contribution in [1.29, 1.82) is 0 Å². The lowest BCUT2D eigenvalue weighted by atomic mass is 10.1. The zero-order valence-electron chi connectivity index (χ0n) is 9.29. The Bertz CT molecular complexity index is 340. The van der Waals surface area contributed by atoms with Gasteiger partial charge in [-0.25, -0.2) is 0 Å². The Morgan fingerprint density at radius 1 is 1.33 bits per heavy atom. The van der Waals surface area contributed by atoms with E-state index in [0.717, 1.165) is 11.1 Å². The quantitative estimate of drug-likeness (QED) is 0.759. The van der Waals surface area contributed by atoms with Crippen LogP contribution in [0.1, 0.15) is 25.0 Å². The van der Waals surface area contributed by atoms with Gasteiger partial charge in [0.25, 0.3) is 0 Å². The van der Waals surface area contributed by atoms with E-state index in [9.17, 15) is 0 Å². The highest BCUT2D eigenvalue weighted by Gasteiger charge is 2.09. The van der Waals surface area contributed by atoms with Crippen molar-refractivity contribution in [2.45, 2.75) is 26.0 Å². The van der Waals surface area contributed by atoms with Crippen LogP contribution in [-0.2, 0) is 11.3 Å². The Hall–Kier alpha value is -1.30. The fraction of sp³-hybridized carbons (Fsp3) is 0.385. The first-order valence-electron chi connectivity index (χ1n) is 4.93. The smallest absolute Gasteiger partial charge is 0.0717 e. The summed E-state index contributed by atoms with van der Waals surface area (Å²) in [5.41, 5.74) is 7.51. The largest absolute Gasteiger partial charge is 0.375 e. The molecule has 0 aromatic heterocycles. The molecule has 0 atom stereocenters. The third-order valence-corrected chi connectivity index (χ3v) is 1.86. The first kappa shape index (κ1) is 11.8. The van der Waals surface area contributed by atoms with E-state index >= 15 is 0 Å². The molecule has 2 heteroatoms. The zero-order chi connectivity index (χ0) is 11.3. The van der Waals surface area contributed by atoms with E-state index in [1.54, 1.807) is 0 Å². The molecular weight excluding hydrogens is 186 g/mol. The second-order valence-electron chi connectivity index (χ2n) is 4.32. The highest BCUT2D eigenvalue weighted by atomic mass is 16.5. The molecule has 0 aliphatic rings. The van der Waals surface area contributed by atoms with Gasteiger partial charge in [0.1, 0.15) is 0 Å². The van der Waals surface area contributed by atoms with Crippen LogP contribution in [0.2, 0.25) is 0 Å². The van der Waals surface area contributed by atoms with Crippen molar-refractivity contribution in [2.24, 2.45) is 5.73 Å². The van der Waals surface area contributed by atoms with Crippen molar-refractivity contribution in [2.75, 3.05) is 6.61 Å². The van der Waals surface area contributed by atoms with E-state index in [1.165, 1.54) is 0 Å². The molecule has 0 aliphatic carbocycles. The van der Waals surface area contributed by atoms with Gasteiger partial charge in [-0.05, 0) is 31.5 Å². The van der Waals surface area contributed by atoms with Crippen LogP contribution < -0.4 is 5.73 Å². The Morgan fingerprint density at radius 2 is 1.93 bits per heavy atom. The van der Waals surface area contributed by atoms with Gasteiger partial charge >= 0.3 is 0 Å². The minimum absolute atomic E-state index is 0.279. The molecule has 2 N–H and O–H groups in total. The molecule has 0 saturated carbocycles. The Kier molecular flexibility index (Phi) is 3.90. The SMILES string of the molecule is C#Cc1ccc(COCC(C)(C)N)cc1. The molecule has 0 heterocycles. The number of benzene rings is 1. The van der Waals surface area contributed by atoms with E-state index < -0.39 is 0 Å². The number of nitrogens with two attached hydrogens (primary N) is 1. The molecular formula is C13H17NO. The van der Waals surface area contributed by atoms with Crippen LogP contribution in [0.15, 0.2) is 24.3 Å². The van der Waals surface area contributed by atoms with Crippen LogP contribution in [0, 0.1) is 12.3 Å². The number of hydrogen-bond donors (Lipinski definition) is 1. The van der Waals surface area contributed by atoms with Gasteiger partial charge in [0.2, 0.25) is 0 Å². The molecule has 0 fully saturated rings. The Morgan fingerprint density at radius 3 is 2.40 bits per heavy atom. The first-order valence-corrected chi connectivity index (χ1v) is 4.93. The summed E-state index contributed by atoms with van der Waals surface area (Å²) in [7, 11) is 0. The van der Waals surface area contributed by atoms with Gasteiger partial charge in [-0.1, -0.05) is 18.1 Å². The van der Waals surface area contributed by atoms with Crippen molar-refractivity contribution in [3.05, 3.63) is 35.4 Å². The lowest BCUT2D eigenvalue weighted by Crippen LogP contribution is -2.37. The van der Waals surface area contributed by atoms with Crippen LogP contribution in [0.25, 0.3) is 0 Å². The molecule has 1 rings (SSSR count). The Labute approximate surface area is 91.4 Å². The average molecular weight is 203 g/mol. The third kappa shape index (κ3) is 4.64. The summed E-state index contributed by atoms with van der Waals surface area (Å²) in [6.07, 6.45) is 5.26. The third-order valence-electron chi connectivity index (χ3n) is 1.86. The molecule has 0 spiro atoms. The van der Waals surface area contributed by atoms with Gasteiger partial charge in [0.15, 0.2) is 0 Å². The minimum Gasteiger partial charge on any atom is -0.375 e. The number of hydrogen-bond acceptors (Lipinski definition) is 2. The fourth-order valence-electron chi connectivity index (χ4n) is 1.13. The maximum atomic E-state index is 5.79. The number of rotatable bonds is 4. The van der Waals surface area contributed by atoms with Crippen molar-refractivity contribution in [3.63, 3.8) is 0 Å². The van der Waals surface area contributed by atoms with Gasteiger partial charge in [0.05, 0.1) is 13.2 Å². The monoisotopic (exact) mass is 203 g/mol. The molecule has 0 bridgehead atoms. The van der Waals surface area contributed by atoms with E-state index in [0.29, 0.717) is 13.2 Å². The molecule has 2 nitrogen and oxygen atoms in total. The van der Waals surface area contributed by atoms with Crippen LogP contribution in [0.4, 0.5) is 0 Å². The second kappa shape index (κ2) is 4.97. The number of ether oxygens (including phenoxy) is 1.